The van der Waals surface area contributed by atoms with Crippen LogP contribution in [0.3, 0.4) is 0 Å². The van der Waals surface area contributed by atoms with Crippen molar-refractivity contribution in [1.29, 1.82) is 0 Å². The van der Waals surface area contributed by atoms with E-state index in [4.69, 9.17) is 14.9 Å². The van der Waals surface area contributed by atoms with Crippen LogP contribution in [-0.2, 0) is 4.74 Å². The number of amides is 1. The highest BCUT2D eigenvalue weighted by Crippen LogP contribution is 2.33. The molecule has 1 fully saturated rings. The second-order valence-corrected chi connectivity index (χ2v) is 6.00. The first-order valence-corrected chi connectivity index (χ1v) is 6.62. The maximum atomic E-state index is 12.1. The van der Waals surface area contributed by atoms with E-state index in [0.717, 1.165) is 5.76 Å². The van der Waals surface area contributed by atoms with Gasteiger partial charge in [0.15, 0.2) is 0 Å². The number of nitrogens with two attached hydrogens (primary N) is 1. The topological polar surface area (TPSA) is 68.7 Å². The van der Waals surface area contributed by atoms with Gasteiger partial charge in [-0.3, -0.25) is 0 Å². The molecule has 1 aromatic rings. The van der Waals surface area contributed by atoms with Crippen LogP contribution < -0.4 is 5.73 Å². The number of hydrogen-bond acceptors (Lipinski definition) is 4. The van der Waals surface area contributed by atoms with Crippen molar-refractivity contribution in [3.63, 3.8) is 0 Å². The Balaban J connectivity index is 2.05. The van der Waals surface area contributed by atoms with Gasteiger partial charge in [0, 0.05) is 24.9 Å². The van der Waals surface area contributed by atoms with Gasteiger partial charge in [0.1, 0.15) is 11.4 Å². The van der Waals surface area contributed by atoms with Crippen LogP contribution in [-0.4, -0.2) is 36.2 Å². The Hall–Kier alpha value is -1.49. The molecule has 1 amide bonds. The molecule has 1 aliphatic rings. The lowest BCUT2D eigenvalue weighted by Gasteiger charge is -2.24. The Kier molecular flexibility index (Phi) is 3.85. The Morgan fingerprint density at radius 3 is 2.79 bits per heavy atom. The van der Waals surface area contributed by atoms with Crippen molar-refractivity contribution in [2.45, 2.75) is 32.3 Å². The molecular formula is C14H22N2O3. The van der Waals surface area contributed by atoms with Gasteiger partial charge in [0.25, 0.3) is 0 Å². The van der Waals surface area contributed by atoms with Gasteiger partial charge < -0.3 is 19.8 Å². The normalized spacial score (nSPS) is 23.7. The molecule has 1 aliphatic heterocycles. The molecule has 2 atom stereocenters. The average Bonchev–Trinajstić information content (AvgIpc) is 2.95. The number of nitrogens with zero attached hydrogens (tertiary/aromatic N) is 1. The zero-order valence-corrected chi connectivity index (χ0v) is 11.8. The zero-order chi connectivity index (χ0) is 14.0. The highest BCUT2D eigenvalue weighted by Gasteiger charge is 2.38. The second-order valence-electron chi connectivity index (χ2n) is 6.00. The summed E-state index contributed by atoms with van der Waals surface area (Å²) in [6.45, 7) is 7.36. The van der Waals surface area contributed by atoms with Crippen molar-refractivity contribution >= 4 is 6.09 Å². The van der Waals surface area contributed by atoms with Crippen molar-refractivity contribution < 1.29 is 13.9 Å². The van der Waals surface area contributed by atoms with Crippen molar-refractivity contribution in [3.8, 4) is 0 Å². The minimum atomic E-state index is -0.474. The van der Waals surface area contributed by atoms with E-state index in [9.17, 15) is 4.79 Å². The summed E-state index contributed by atoms with van der Waals surface area (Å²) >= 11 is 0. The molecule has 106 valence electrons. The van der Waals surface area contributed by atoms with Crippen LogP contribution in [0.4, 0.5) is 4.79 Å². The summed E-state index contributed by atoms with van der Waals surface area (Å²) in [7, 11) is 0. The fourth-order valence-electron chi connectivity index (χ4n) is 2.41. The third-order valence-corrected chi connectivity index (χ3v) is 3.30. The number of carbonyl (C=O) groups is 1. The lowest BCUT2D eigenvalue weighted by Crippen LogP contribution is -2.35. The monoisotopic (exact) mass is 266 g/mol. The molecule has 0 radical (unpaired) electrons. The highest BCUT2D eigenvalue weighted by molar-refractivity contribution is 5.68. The third-order valence-electron chi connectivity index (χ3n) is 3.30. The quantitative estimate of drug-likeness (QED) is 0.891. The van der Waals surface area contributed by atoms with Crippen molar-refractivity contribution in [2.75, 3.05) is 19.6 Å². The Morgan fingerprint density at radius 1 is 1.53 bits per heavy atom. The summed E-state index contributed by atoms with van der Waals surface area (Å²) in [6.07, 6.45) is 1.37. The van der Waals surface area contributed by atoms with E-state index in [2.05, 4.69) is 0 Å². The Bertz CT molecular complexity index is 422. The molecule has 1 saturated heterocycles. The smallest absolute Gasteiger partial charge is 0.410 e. The van der Waals surface area contributed by atoms with Crippen LogP contribution in [0, 0.1) is 5.92 Å². The number of hydrogen-bond donors (Lipinski definition) is 1. The van der Waals surface area contributed by atoms with Gasteiger partial charge in [-0.2, -0.15) is 0 Å². The van der Waals surface area contributed by atoms with E-state index in [-0.39, 0.29) is 17.9 Å². The fourth-order valence-corrected chi connectivity index (χ4v) is 2.41. The predicted molar refractivity (Wildman–Crippen MR) is 71.8 cm³/mol. The molecule has 0 bridgehead atoms. The van der Waals surface area contributed by atoms with Crippen LogP contribution in [0.5, 0.6) is 0 Å². The molecule has 0 aliphatic carbocycles. The zero-order valence-electron chi connectivity index (χ0n) is 11.8. The van der Waals surface area contributed by atoms with Gasteiger partial charge in [-0.15, -0.1) is 0 Å². The molecule has 19 heavy (non-hydrogen) atoms. The minimum absolute atomic E-state index is 0.160. The van der Waals surface area contributed by atoms with Crippen LogP contribution in [0.2, 0.25) is 0 Å². The molecule has 0 spiro atoms. The van der Waals surface area contributed by atoms with E-state index in [1.54, 1.807) is 11.2 Å². The first kappa shape index (κ1) is 13.9. The minimum Gasteiger partial charge on any atom is -0.469 e. The average molecular weight is 266 g/mol. The Morgan fingerprint density at radius 2 is 2.26 bits per heavy atom. The fraction of sp³-hybridized carbons (Fsp3) is 0.643. The first-order chi connectivity index (χ1) is 8.90. The number of likely N-dealkylation sites (tertiary alicyclic amines) is 1. The highest BCUT2D eigenvalue weighted by atomic mass is 16.6. The first-order valence-electron chi connectivity index (χ1n) is 6.62. The number of furan rings is 1. The molecular weight excluding hydrogens is 244 g/mol. The van der Waals surface area contributed by atoms with Gasteiger partial charge in [0.05, 0.1) is 6.26 Å². The molecule has 2 heterocycles. The van der Waals surface area contributed by atoms with E-state index in [1.807, 2.05) is 32.9 Å². The third kappa shape index (κ3) is 3.29. The number of ether oxygens (including phenoxy) is 1. The van der Waals surface area contributed by atoms with Gasteiger partial charge >= 0.3 is 6.09 Å². The summed E-state index contributed by atoms with van der Waals surface area (Å²) < 4.78 is 10.8. The molecule has 2 N–H and O–H groups in total. The van der Waals surface area contributed by atoms with Crippen molar-refractivity contribution in [1.82, 2.24) is 4.90 Å². The molecule has 2 rings (SSSR count). The van der Waals surface area contributed by atoms with E-state index >= 15 is 0 Å². The summed E-state index contributed by atoms with van der Waals surface area (Å²) in [5.74, 6) is 1.27. The van der Waals surface area contributed by atoms with Gasteiger partial charge in [0.2, 0.25) is 0 Å². The van der Waals surface area contributed by atoms with Crippen LogP contribution >= 0.6 is 0 Å². The molecule has 0 aromatic carbocycles. The molecule has 5 heteroatoms. The lowest BCUT2D eigenvalue weighted by atomic mass is 9.94. The standard InChI is InChI=1S/C14H22N2O3/c1-14(2,3)19-13(17)16-8-10(7-15)11(9-16)12-5-4-6-18-12/h4-6,10-11H,7-9,15H2,1-3H3/t10-,11-/m0/s1. The van der Waals surface area contributed by atoms with E-state index in [0.29, 0.717) is 19.6 Å². The maximum Gasteiger partial charge on any atom is 0.410 e. The predicted octanol–water partition coefficient (Wildman–Crippen LogP) is 2.19. The summed E-state index contributed by atoms with van der Waals surface area (Å²) in [4.78, 5) is 13.8. The molecule has 0 saturated carbocycles. The van der Waals surface area contributed by atoms with E-state index in [1.165, 1.54) is 0 Å². The number of rotatable bonds is 2. The van der Waals surface area contributed by atoms with E-state index < -0.39 is 5.60 Å². The van der Waals surface area contributed by atoms with Crippen LogP contribution in [0.15, 0.2) is 22.8 Å². The van der Waals surface area contributed by atoms with Crippen LogP contribution in [0.25, 0.3) is 0 Å². The van der Waals surface area contributed by atoms with Gasteiger partial charge in [-0.25, -0.2) is 4.79 Å². The number of carbonyl (C=O) groups excluding carboxylic acids is 1. The van der Waals surface area contributed by atoms with Crippen molar-refractivity contribution in [3.05, 3.63) is 24.2 Å². The largest absolute Gasteiger partial charge is 0.469 e. The van der Waals surface area contributed by atoms with Crippen LogP contribution in [0.1, 0.15) is 32.4 Å². The lowest BCUT2D eigenvalue weighted by molar-refractivity contribution is 0.0287. The van der Waals surface area contributed by atoms with Crippen molar-refractivity contribution in [2.24, 2.45) is 11.7 Å². The SMILES string of the molecule is CC(C)(C)OC(=O)N1C[C@H](CN)[C@@H](c2ccco2)C1. The molecule has 1 aromatic heterocycles. The van der Waals surface area contributed by atoms with Gasteiger partial charge in [-0.1, -0.05) is 0 Å². The summed E-state index contributed by atoms with van der Waals surface area (Å²) in [6, 6.07) is 3.80. The maximum absolute atomic E-state index is 12.1. The Labute approximate surface area is 113 Å². The van der Waals surface area contributed by atoms with Gasteiger partial charge in [-0.05, 0) is 39.4 Å². The molecule has 5 nitrogen and oxygen atoms in total. The summed E-state index contributed by atoms with van der Waals surface area (Å²) in [5.41, 5.74) is 5.33. The second kappa shape index (κ2) is 5.25. The molecule has 0 unspecified atom stereocenters. The summed E-state index contributed by atoms with van der Waals surface area (Å²) in [5, 5.41) is 0.